The number of H-pyrrole nitrogens is 1. The third-order valence-electron chi connectivity index (χ3n) is 19.5. The van der Waals surface area contributed by atoms with Crippen LogP contribution in [0.4, 0.5) is 0 Å². The minimum absolute atomic E-state index is 0.0338. The number of carboxylic acid groups (broad SMARTS) is 1. The molecule has 16 heteroatoms. The molecule has 0 radical (unpaired) electrons. The normalized spacial score (nSPS) is 37.1. The van der Waals surface area contributed by atoms with Crippen molar-refractivity contribution in [2.45, 2.75) is 196 Å². The van der Waals surface area contributed by atoms with Crippen LogP contribution in [0.5, 0.6) is 0 Å². The zero-order chi connectivity index (χ0) is 49.8. The minimum Gasteiger partial charge on any atom is -0.481 e. The number of nitrogens with zero attached hydrogens (tertiary/aromatic N) is 4. The van der Waals surface area contributed by atoms with Crippen LogP contribution < -0.4 is 11.2 Å². The number of azide groups is 1. The average molecular weight is 950 g/mol. The molecule has 6 aliphatic rings. The number of aryl methyl sites for hydroxylation is 1. The fourth-order valence-corrected chi connectivity index (χ4v) is 15.9. The first kappa shape index (κ1) is 51.7. The van der Waals surface area contributed by atoms with E-state index in [9.17, 15) is 34.3 Å². The van der Waals surface area contributed by atoms with Crippen LogP contribution in [0.2, 0.25) is 0 Å². The number of hydrogen-bond acceptors (Lipinski definition) is 11. The van der Waals surface area contributed by atoms with Gasteiger partial charge < -0.3 is 24.1 Å². The highest BCUT2D eigenvalue weighted by Gasteiger charge is 2.71. The molecular formula is C52H79N5O11. The first-order chi connectivity index (χ1) is 31.8. The third kappa shape index (κ3) is 9.54. The lowest BCUT2D eigenvalue weighted by Crippen LogP contribution is -2.67. The van der Waals surface area contributed by atoms with E-state index in [4.69, 9.17) is 24.1 Å². The van der Waals surface area contributed by atoms with Gasteiger partial charge in [0.2, 0.25) is 0 Å². The number of rotatable bonds is 16. The Labute approximate surface area is 401 Å². The van der Waals surface area contributed by atoms with E-state index in [1.54, 1.807) is 6.92 Å². The van der Waals surface area contributed by atoms with Gasteiger partial charge in [0.1, 0.15) is 25.0 Å². The van der Waals surface area contributed by atoms with Gasteiger partial charge in [-0.2, -0.15) is 0 Å². The Morgan fingerprint density at radius 1 is 0.912 bits per heavy atom. The van der Waals surface area contributed by atoms with Crippen molar-refractivity contribution in [3.63, 3.8) is 0 Å². The summed E-state index contributed by atoms with van der Waals surface area (Å²) in [5, 5.41) is 12.9. The number of ether oxygens (including phenoxy) is 4. The molecule has 16 nitrogen and oxygen atoms in total. The number of carbonyl (C=O) groups excluding carboxylic acids is 3. The number of aromatic amines is 1. The molecular weight excluding hydrogens is 871 g/mol. The van der Waals surface area contributed by atoms with Gasteiger partial charge in [0, 0.05) is 46.8 Å². The topological polar surface area (TPSA) is 229 Å². The van der Waals surface area contributed by atoms with Crippen LogP contribution in [0.15, 0.2) is 20.9 Å². The summed E-state index contributed by atoms with van der Waals surface area (Å²) >= 11 is 0. The van der Waals surface area contributed by atoms with Crippen molar-refractivity contribution in [2.75, 3.05) is 13.2 Å². The van der Waals surface area contributed by atoms with Crippen molar-refractivity contribution in [3.8, 4) is 0 Å². The Kier molecular flexibility index (Phi) is 14.6. The number of carbonyl (C=O) groups is 4. The van der Waals surface area contributed by atoms with E-state index >= 15 is 0 Å². The molecule has 6 fully saturated rings. The van der Waals surface area contributed by atoms with E-state index < -0.39 is 47.0 Å². The van der Waals surface area contributed by atoms with Crippen molar-refractivity contribution < 1.29 is 43.2 Å². The first-order valence-electron chi connectivity index (χ1n) is 25.5. The van der Waals surface area contributed by atoms with E-state index in [0.29, 0.717) is 54.1 Å². The maximum absolute atomic E-state index is 13.8. The lowest BCUT2D eigenvalue weighted by Gasteiger charge is -2.73. The molecule has 68 heavy (non-hydrogen) atoms. The van der Waals surface area contributed by atoms with Crippen molar-refractivity contribution in [2.24, 2.45) is 73.1 Å². The SMILES string of the molecule is Cc1cn([C@H]2CC(N=[N+]=[N-])C(COC(=O)CC(C)(C)CC(=O)OC[C@]34CC[C@@H](C(C)C)[C@@H]3[C@H]3CC[C@@H]5[C@@]6(C)CC[C@H](OC(=O)CCCC(=O)O)C(C)(C)[C@@H]6CC[C@@]5(C)[C@]3(C)CC4)O2)c(=O)[nH]c1=O. The lowest BCUT2D eigenvalue weighted by molar-refractivity contribution is -0.253. The monoisotopic (exact) mass is 950 g/mol. The van der Waals surface area contributed by atoms with Gasteiger partial charge in [-0.15, -0.1) is 0 Å². The predicted octanol–water partition coefficient (Wildman–Crippen LogP) is 9.61. The average Bonchev–Trinajstić information content (AvgIpc) is 3.83. The van der Waals surface area contributed by atoms with Gasteiger partial charge in [0.15, 0.2) is 0 Å². The maximum Gasteiger partial charge on any atom is 0.330 e. The molecule has 378 valence electrons. The summed E-state index contributed by atoms with van der Waals surface area (Å²) in [6, 6.07) is -0.717. The summed E-state index contributed by atoms with van der Waals surface area (Å²) < 4.78 is 25.4. The number of fused-ring (bicyclic) bond motifs is 7. The first-order valence-corrected chi connectivity index (χ1v) is 25.5. The molecule has 0 amide bonds. The Bertz CT molecular complexity index is 2270. The second kappa shape index (κ2) is 19.2. The Hall–Kier alpha value is -4.17. The molecule has 13 atom stereocenters. The summed E-state index contributed by atoms with van der Waals surface area (Å²) in [4.78, 5) is 80.7. The standard InChI is InChI=1S/C52H79N5O11/c1-30(2)32-16-21-52(29-66-43(62)26-47(4,5)25-42(61)65-28-35-34(55-56-53)24-39(67-35)57-27-31(3)45(63)54-46(57)64)23-22-50(9)33(44(32)52)14-15-37-49(8)19-18-38(68-41(60)13-11-12-40(58)59)48(6,7)36(49)17-20-51(37,50)10/h27,30,32-39,44H,11-26,28-29H2,1-10H3,(H,58,59)(H,54,63,64)/t32-,33+,34?,35?,36-,37+,38-,39+,44+,49-,50+,51+,52+/m0/s1. The molecule has 0 aromatic carbocycles. The molecule has 7 rings (SSSR count). The number of hydrogen-bond donors (Lipinski definition) is 2. The van der Waals surface area contributed by atoms with E-state index in [2.05, 4.69) is 63.5 Å². The smallest absolute Gasteiger partial charge is 0.330 e. The highest BCUT2D eigenvalue weighted by molar-refractivity contribution is 5.74. The molecule has 1 aromatic rings. The fourth-order valence-electron chi connectivity index (χ4n) is 15.9. The molecule has 2 heterocycles. The van der Waals surface area contributed by atoms with Gasteiger partial charge >= 0.3 is 29.6 Å². The summed E-state index contributed by atoms with van der Waals surface area (Å²) in [5.74, 6) is 0.877. The van der Waals surface area contributed by atoms with Gasteiger partial charge in [-0.1, -0.05) is 67.4 Å². The Morgan fingerprint density at radius 3 is 2.29 bits per heavy atom. The van der Waals surface area contributed by atoms with E-state index in [0.717, 1.165) is 64.2 Å². The van der Waals surface area contributed by atoms with Crippen LogP contribution in [-0.2, 0) is 38.1 Å². The number of aliphatic carboxylic acids is 1. The van der Waals surface area contributed by atoms with E-state index in [1.807, 2.05) is 13.8 Å². The number of aromatic nitrogens is 2. The zero-order valence-electron chi connectivity index (χ0n) is 42.4. The highest BCUT2D eigenvalue weighted by Crippen LogP contribution is 2.77. The largest absolute Gasteiger partial charge is 0.481 e. The summed E-state index contributed by atoms with van der Waals surface area (Å²) in [7, 11) is 0. The molecule has 2 unspecified atom stereocenters. The molecule has 1 aromatic heterocycles. The van der Waals surface area contributed by atoms with Gasteiger partial charge in [0.05, 0.1) is 25.5 Å². The molecule has 5 saturated carbocycles. The maximum atomic E-state index is 13.8. The van der Waals surface area contributed by atoms with Gasteiger partial charge in [-0.3, -0.25) is 33.5 Å². The number of esters is 3. The number of carboxylic acids is 1. The van der Waals surface area contributed by atoms with Gasteiger partial charge in [-0.25, -0.2) is 4.79 Å². The fraction of sp³-hybridized carbons (Fsp3) is 0.846. The Morgan fingerprint density at radius 2 is 1.62 bits per heavy atom. The summed E-state index contributed by atoms with van der Waals surface area (Å²) in [6.07, 6.45) is 10.7. The highest BCUT2D eigenvalue weighted by atomic mass is 16.6. The van der Waals surface area contributed by atoms with Crippen LogP contribution in [-0.4, -0.2) is 70.0 Å². The molecule has 1 saturated heterocycles. The molecule has 1 aliphatic heterocycles. The molecule has 2 N–H and O–H groups in total. The van der Waals surface area contributed by atoms with Crippen molar-refractivity contribution in [1.29, 1.82) is 0 Å². The second-order valence-electron chi connectivity index (χ2n) is 24.6. The Balaban J connectivity index is 0.976. The zero-order valence-corrected chi connectivity index (χ0v) is 42.4. The predicted molar refractivity (Wildman–Crippen MR) is 253 cm³/mol. The molecule has 0 bridgehead atoms. The van der Waals surface area contributed by atoms with Crippen molar-refractivity contribution in [3.05, 3.63) is 43.0 Å². The van der Waals surface area contributed by atoms with Crippen molar-refractivity contribution >= 4 is 23.9 Å². The van der Waals surface area contributed by atoms with E-state index in [1.165, 1.54) is 10.8 Å². The third-order valence-corrected chi connectivity index (χ3v) is 19.5. The quantitative estimate of drug-likeness (QED) is 0.0521. The number of nitrogens with one attached hydrogen (secondary N) is 1. The van der Waals surface area contributed by atoms with Crippen LogP contribution in [0.1, 0.15) is 177 Å². The van der Waals surface area contributed by atoms with Crippen molar-refractivity contribution in [1.82, 2.24) is 9.55 Å². The van der Waals surface area contributed by atoms with Gasteiger partial charge in [0.25, 0.3) is 5.56 Å². The second-order valence-corrected chi connectivity index (χ2v) is 24.6. The lowest BCUT2D eigenvalue weighted by atomic mass is 9.32. The van der Waals surface area contributed by atoms with Crippen LogP contribution in [0, 0.1) is 74.9 Å². The van der Waals surface area contributed by atoms with Crippen LogP contribution in [0.3, 0.4) is 0 Å². The minimum atomic E-state index is -0.897. The summed E-state index contributed by atoms with van der Waals surface area (Å²) in [6.45, 7) is 22.5. The molecule has 5 aliphatic carbocycles. The van der Waals surface area contributed by atoms with Crippen LogP contribution in [0.25, 0.3) is 10.4 Å². The molecule has 0 spiro atoms. The van der Waals surface area contributed by atoms with Gasteiger partial charge in [-0.05, 0) is 140 Å². The van der Waals surface area contributed by atoms with E-state index in [-0.39, 0.29) is 83.8 Å². The summed E-state index contributed by atoms with van der Waals surface area (Å²) in [5.41, 5.74) is 7.62. The van der Waals surface area contributed by atoms with Crippen LogP contribution >= 0.6 is 0 Å².